The van der Waals surface area contributed by atoms with E-state index in [1.165, 1.54) is 44.2 Å². The molecular formula is C18H22ClN3O2S. The number of anilines is 1. The first-order chi connectivity index (χ1) is 11.6. The van der Waals surface area contributed by atoms with Crippen molar-refractivity contribution in [2.24, 2.45) is 5.92 Å². The number of piperidine rings is 3. The van der Waals surface area contributed by atoms with Crippen LogP contribution in [-0.2, 0) is 4.79 Å². The average molecular weight is 380 g/mol. The molecule has 5 nitrogen and oxygen atoms in total. The lowest BCUT2D eigenvalue weighted by Gasteiger charge is -2.44. The number of fused-ring (bicyclic) bond motifs is 4. The zero-order chi connectivity index (χ0) is 16.7. The first-order valence-electron chi connectivity index (χ1n) is 8.43. The van der Waals surface area contributed by atoms with Crippen LogP contribution in [0.5, 0.6) is 0 Å². The SMILES string of the molecule is CC(=O)Nc1ccc2sc(C(=O)NC3CN4CCC3CC4)cc2c1.Cl. The summed E-state index contributed by atoms with van der Waals surface area (Å²) in [4.78, 5) is 27.0. The molecule has 134 valence electrons. The van der Waals surface area contributed by atoms with Crippen LogP contribution in [0.4, 0.5) is 5.69 Å². The molecule has 3 saturated heterocycles. The Bertz CT molecular complexity index is 799. The Morgan fingerprint density at radius 2 is 1.96 bits per heavy atom. The summed E-state index contributed by atoms with van der Waals surface area (Å²) >= 11 is 1.50. The second kappa shape index (κ2) is 7.32. The van der Waals surface area contributed by atoms with Gasteiger partial charge in [0.25, 0.3) is 5.91 Å². The van der Waals surface area contributed by atoms with Crippen LogP contribution < -0.4 is 10.6 Å². The molecule has 7 heteroatoms. The van der Waals surface area contributed by atoms with Crippen LogP contribution in [0.1, 0.15) is 29.4 Å². The number of amides is 2. The Labute approximate surface area is 157 Å². The molecule has 0 radical (unpaired) electrons. The molecule has 2 N–H and O–H groups in total. The third-order valence-corrected chi connectivity index (χ3v) is 6.15. The molecule has 1 aromatic carbocycles. The van der Waals surface area contributed by atoms with E-state index in [1.807, 2.05) is 24.3 Å². The van der Waals surface area contributed by atoms with Crippen LogP contribution in [0.15, 0.2) is 24.3 Å². The maximum Gasteiger partial charge on any atom is 0.261 e. The second-order valence-electron chi connectivity index (χ2n) is 6.76. The number of carbonyl (C=O) groups excluding carboxylic acids is 2. The molecule has 2 amide bonds. The van der Waals surface area contributed by atoms with E-state index < -0.39 is 0 Å². The van der Waals surface area contributed by atoms with Gasteiger partial charge in [0.15, 0.2) is 0 Å². The highest BCUT2D eigenvalue weighted by Crippen LogP contribution is 2.30. The van der Waals surface area contributed by atoms with Gasteiger partial charge < -0.3 is 15.5 Å². The van der Waals surface area contributed by atoms with Crippen molar-refractivity contribution in [3.8, 4) is 0 Å². The van der Waals surface area contributed by atoms with Gasteiger partial charge in [0.05, 0.1) is 4.88 Å². The van der Waals surface area contributed by atoms with Gasteiger partial charge in [-0.2, -0.15) is 0 Å². The van der Waals surface area contributed by atoms with Gasteiger partial charge in [0, 0.05) is 29.9 Å². The van der Waals surface area contributed by atoms with E-state index in [9.17, 15) is 9.59 Å². The quantitative estimate of drug-likeness (QED) is 0.861. The summed E-state index contributed by atoms with van der Waals surface area (Å²) in [6, 6.07) is 7.94. The molecule has 1 atom stereocenters. The van der Waals surface area contributed by atoms with Crippen LogP contribution in [0, 0.1) is 5.92 Å². The van der Waals surface area contributed by atoms with Crippen LogP contribution in [-0.4, -0.2) is 42.4 Å². The van der Waals surface area contributed by atoms with Crippen molar-refractivity contribution < 1.29 is 9.59 Å². The molecule has 0 aliphatic carbocycles. The summed E-state index contributed by atoms with van der Waals surface area (Å²) in [5.41, 5.74) is 0.761. The number of benzene rings is 1. The van der Waals surface area contributed by atoms with Crippen molar-refractivity contribution in [2.75, 3.05) is 25.0 Å². The third kappa shape index (κ3) is 3.81. The first-order valence-corrected chi connectivity index (χ1v) is 9.24. The molecule has 1 aromatic heterocycles. The molecule has 25 heavy (non-hydrogen) atoms. The number of carbonyl (C=O) groups is 2. The molecule has 2 aromatic rings. The van der Waals surface area contributed by atoms with E-state index in [0.29, 0.717) is 5.92 Å². The van der Waals surface area contributed by atoms with Gasteiger partial charge in [-0.25, -0.2) is 0 Å². The van der Waals surface area contributed by atoms with E-state index in [4.69, 9.17) is 0 Å². The van der Waals surface area contributed by atoms with E-state index in [1.54, 1.807) is 0 Å². The zero-order valence-corrected chi connectivity index (χ0v) is 15.7. The summed E-state index contributed by atoms with van der Waals surface area (Å²) in [5.74, 6) is 0.556. The van der Waals surface area contributed by atoms with E-state index in [-0.39, 0.29) is 30.3 Å². The Morgan fingerprint density at radius 1 is 1.20 bits per heavy atom. The number of rotatable bonds is 3. The highest BCUT2D eigenvalue weighted by atomic mass is 35.5. The fraction of sp³-hybridized carbons (Fsp3) is 0.444. The van der Waals surface area contributed by atoms with Gasteiger partial charge in [0.1, 0.15) is 0 Å². The fourth-order valence-electron chi connectivity index (χ4n) is 3.80. The Hall–Kier alpha value is -1.63. The lowest BCUT2D eigenvalue weighted by Crippen LogP contribution is -2.57. The number of hydrogen-bond donors (Lipinski definition) is 2. The average Bonchev–Trinajstić information content (AvgIpc) is 2.99. The highest BCUT2D eigenvalue weighted by molar-refractivity contribution is 7.20. The standard InChI is InChI=1S/C18H21N3O2S.ClH/c1-11(22)19-14-2-3-16-13(8-14)9-17(24-16)18(23)20-15-10-21-6-4-12(15)5-7-21;/h2-3,8-9,12,15H,4-7,10H2,1H3,(H,19,22)(H,20,23);1H. The van der Waals surface area contributed by atoms with Crippen LogP contribution in [0.25, 0.3) is 10.1 Å². The second-order valence-corrected chi connectivity index (χ2v) is 7.85. The molecular weight excluding hydrogens is 358 g/mol. The minimum absolute atomic E-state index is 0. The topological polar surface area (TPSA) is 61.4 Å². The predicted molar refractivity (Wildman–Crippen MR) is 104 cm³/mol. The molecule has 5 rings (SSSR count). The zero-order valence-electron chi connectivity index (χ0n) is 14.1. The number of halogens is 1. The van der Waals surface area contributed by atoms with Crippen LogP contribution in [0.3, 0.4) is 0 Å². The fourth-order valence-corrected chi connectivity index (χ4v) is 4.75. The van der Waals surface area contributed by atoms with Crippen molar-refractivity contribution in [1.29, 1.82) is 0 Å². The van der Waals surface area contributed by atoms with Gasteiger partial charge in [-0.15, -0.1) is 23.7 Å². The lowest BCUT2D eigenvalue weighted by atomic mass is 9.84. The number of nitrogens with zero attached hydrogens (tertiary/aromatic N) is 1. The van der Waals surface area contributed by atoms with Crippen molar-refractivity contribution in [3.63, 3.8) is 0 Å². The Morgan fingerprint density at radius 3 is 2.60 bits per heavy atom. The third-order valence-electron chi connectivity index (χ3n) is 5.03. The molecule has 3 aliphatic rings. The first kappa shape index (κ1) is 18.2. The van der Waals surface area contributed by atoms with Crippen molar-refractivity contribution in [3.05, 3.63) is 29.1 Å². The predicted octanol–water partition coefficient (Wildman–Crippen LogP) is 3.11. The monoisotopic (exact) mass is 379 g/mol. The molecule has 3 aliphatic heterocycles. The maximum absolute atomic E-state index is 12.6. The Kier molecular flexibility index (Phi) is 5.32. The van der Waals surface area contributed by atoms with Gasteiger partial charge in [0.2, 0.25) is 5.91 Å². The summed E-state index contributed by atoms with van der Waals surface area (Å²) in [6.45, 7) is 4.82. The summed E-state index contributed by atoms with van der Waals surface area (Å²) < 4.78 is 1.06. The summed E-state index contributed by atoms with van der Waals surface area (Å²) in [6.07, 6.45) is 2.38. The Balaban J connectivity index is 0.00000182. The highest BCUT2D eigenvalue weighted by Gasteiger charge is 2.35. The van der Waals surface area contributed by atoms with Crippen LogP contribution >= 0.6 is 23.7 Å². The molecule has 0 spiro atoms. The van der Waals surface area contributed by atoms with Crippen LogP contribution in [0.2, 0.25) is 0 Å². The molecule has 1 unspecified atom stereocenters. The van der Waals surface area contributed by atoms with E-state index in [2.05, 4.69) is 15.5 Å². The number of nitrogens with one attached hydrogen (secondary N) is 2. The van der Waals surface area contributed by atoms with Gasteiger partial charge in [-0.05, 0) is 61.5 Å². The molecule has 0 saturated carbocycles. The van der Waals surface area contributed by atoms with Gasteiger partial charge >= 0.3 is 0 Å². The summed E-state index contributed by atoms with van der Waals surface area (Å²) in [5, 5.41) is 7.00. The van der Waals surface area contributed by atoms with E-state index >= 15 is 0 Å². The van der Waals surface area contributed by atoms with Gasteiger partial charge in [-0.3, -0.25) is 9.59 Å². The minimum Gasteiger partial charge on any atom is -0.347 e. The minimum atomic E-state index is -0.0927. The number of hydrogen-bond acceptors (Lipinski definition) is 4. The molecule has 3 fully saturated rings. The normalized spacial score (nSPS) is 24.6. The molecule has 2 bridgehead atoms. The number of thiophene rings is 1. The smallest absolute Gasteiger partial charge is 0.261 e. The van der Waals surface area contributed by atoms with E-state index in [0.717, 1.165) is 27.2 Å². The van der Waals surface area contributed by atoms with Gasteiger partial charge in [-0.1, -0.05) is 0 Å². The summed E-state index contributed by atoms with van der Waals surface area (Å²) in [7, 11) is 0. The largest absolute Gasteiger partial charge is 0.347 e. The lowest BCUT2D eigenvalue weighted by molar-refractivity contribution is -0.114. The molecule has 4 heterocycles. The van der Waals surface area contributed by atoms with Crippen molar-refractivity contribution >= 4 is 51.3 Å². The van der Waals surface area contributed by atoms with Crippen molar-refractivity contribution in [2.45, 2.75) is 25.8 Å². The van der Waals surface area contributed by atoms with Crippen molar-refractivity contribution in [1.82, 2.24) is 10.2 Å². The maximum atomic E-state index is 12.6.